The molecule has 0 saturated heterocycles. The minimum atomic E-state index is -0.327. The SMILES string of the molecule is O=C(CCc1nc(-c2ccc(F)cc2)no1)Nc1ccccc1N1CCc2ccccc21. The molecular weight excluding hydrogens is 407 g/mol. The Morgan fingerprint density at radius 1 is 1.00 bits per heavy atom. The van der Waals surface area contributed by atoms with Crippen LogP contribution >= 0.6 is 0 Å². The van der Waals surface area contributed by atoms with Crippen molar-refractivity contribution in [3.63, 3.8) is 0 Å². The normalized spacial score (nSPS) is 12.6. The first kappa shape index (κ1) is 19.9. The lowest BCUT2D eigenvalue weighted by atomic mass is 10.1. The molecule has 5 rings (SSSR count). The number of nitrogens with one attached hydrogen (secondary N) is 1. The van der Waals surface area contributed by atoms with Gasteiger partial charge in [0, 0.05) is 30.6 Å². The number of carbonyl (C=O) groups excluding carboxylic acids is 1. The highest BCUT2D eigenvalue weighted by Crippen LogP contribution is 2.38. The molecule has 0 fully saturated rings. The number of benzene rings is 3. The quantitative estimate of drug-likeness (QED) is 0.460. The maximum atomic E-state index is 13.1. The van der Waals surface area contributed by atoms with E-state index in [2.05, 4.69) is 38.6 Å². The number of aryl methyl sites for hydroxylation is 1. The smallest absolute Gasteiger partial charge is 0.227 e. The van der Waals surface area contributed by atoms with E-state index in [1.807, 2.05) is 30.3 Å². The number of aromatic nitrogens is 2. The summed E-state index contributed by atoms with van der Waals surface area (Å²) in [6.07, 6.45) is 1.50. The summed E-state index contributed by atoms with van der Waals surface area (Å²) in [5.74, 6) is 0.276. The van der Waals surface area contributed by atoms with E-state index in [4.69, 9.17) is 4.52 Å². The molecule has 0 radical (unpaired) electrons. The molecule has 0 saturated carbocycles. The van der Waals surface area contributed by atoms with Crippen molar-refractivity contribution < 1.29 is 13.7 Å². The van der Waals surface area contributed by atoms with Crippen molar-refractivity contribution in [1.82, 2.24) is 10.1 Å². The van der Waals surface area contributed by atoms with E-state index in [1.54, 1.807) is 12.1 Å². The summed E-state index contributed by atoms with van der Waals surface area (Å²) in [4.78, 5) is 19.2. The lowest BCUT2D eigenvalue weighted by Crippen LogP contribution is -2.18. The van der Waals surface area contributed by atoms with Crippen LogP contribution in [-0.4, -0.2) is 22.6 Å². The highest BCUT2D eigenvalue weighted by Gasteiger charge is 2.22. The first-order valence-corrected chi connectivity index (χ1v) is 10.5. The highest BCUT2D eigenvalue weighted by molar-refractivity contribution is 5.95. The van der Waals surface area contributed by atoms with Gasteiger partial charge in [0.15, 0.2) is 0 Å². The monoisotopic (exact) mass is 428 g/mol. The van der Waals surface area contributed by atoms with Crippen LogP contribution < -0.4 is 10.2 Å². The largest absolute Gasteiger partial charge is 0.339 e. The molecule has 3 aromatic carbocycles. The van der Waals surface area contributed by atoms with Crippen molar-refractivity contribution in [3.05, 3.63) is 90.1 Å². The van der Waals surface area contributed by atoms with Gasteiger partial charge >= 0.3 is 0 Å². The van der Waals surface area contributed by atoms with Gasteiger partial charge in [0.2, 0.25) is 17.6 Å². The van der Waals surface area contributed by atoms with E-state index >= 15 is 0 Å². The standard InChI is InChI=1S/C25H21FN4O2/c26-19-11-9-18(10-12-19)25-28-24(32-29-25)14-13-23(31)27-20-6-2-4-8-22(20)30-16-15-17-5-1-3-7-21(17)30/h1-12H,13-16H2,(H,27,31). The summed E-state index contributed by atoms with van der Waals surface area (Å²) in [6.45, 7) is 0.875. The second kappa shape index (κ2) is 8.63. The predicted octanol–water partition coefficient (Wildman–Crippen LogP) is 5.14. The molecule has 7 heteroatoms. The Labute approximate surface area is 184 Å². The Kier molecular flexibility index (Phi) is 5.37. The molecule has 1 N–H and O–H groups in total. The van der Waals surface area contributed by atoms with Crippen LogP contribution in [0.1, 0.15) is 17.9 Å². The molecule has 0 bridgehead atoms. The fraction of sp³-hybridized carbons (Fsp3) is 0.160. The van der Waals surface area contributed by atoms with Crippen LogP contribution in [0.25, 0.3) is 11.4 Å². The zero-order valence-electron chi connectivity index (χ0n) is 17.3. The molecule has 32 heavy (non-hydrogen) atoms. The van der Waals surface area contributed by atoms with Crippen molar-refractivity contribution in [3.8, 4) is 11.4 Å². The molecule has 6 nitrogen and oxygen atoms in total. The average Bonchev–Trinajstić information content (AvgIpc) is 3.46. The molecule has 0 spiro atoms. The third-order valence-corrected chi connectivity index (χ3v) is 5.49. The third kappa shape index (κ3) is 4.09. The second-order valence-electron chi connectivity index (χ2n) is 7.61. The van der Waals surface area contributed by atoms with Crippen LogP contribution in [0, 0.1) is 5.82 Å². The van der Waals surface area contributed by atoms with Gasteiger partial charge in [0.25, 0.3) is 0 Å². The minimum absolute atomic E-state index is 0.133. The fourth-order valence-electron chi connectivity index (χ4n) is 3.91. The molecular formula is C25H21FN4O2. The molecule has 0 atom stereocenters. The summed E-state index contributed by atoms with van der Waals surface area (Å²) >= 11 is 0. The predicted molar refractivity (Wildman–Crippen MR) is 120 cm³/mol. The number of fused-ring (bicyclic) bond motifs is 1. The van der Waals surface area contributed by atoms with Crippen molar-refractivity contribution >= 4 is 23.0 Å². The van der Waals surface area contributed by atoms with Gasteiger partial charge in [-0.15, -0.1) is 0 Å². The molecule has 0 unspecified atom stereocenters. The zero-order valence-corrected chi connectivity index (χ0v) is 17.3. The Morgan fingerprint density at radius 3 is 2.59 bits per heavy atom. The van der Waals surface area contributed by atoms with Crippen LogP contribution in [0.3, 0.4) is 0 Å². The lowest BCUT2D eigenvalue weighted by Gasteiger charge is -2.23. The molecule has 0 aliphatic carbocycles. The van der Waals surface area contributed by atoms with E-state index in [1.165, 1.54) is 23.4 Å². The first-order chi connectivity index (χ1) is 15.7. The molecule has 1 aliphatic rings. The van der Waals surface area contributed by atoms with Crippen molar-refractivity contribution in [1.29, 1.82) is 0 Å². The average molecular weight is 428 g/mol. The molecule has 1 aliphatic heterocycles. The van der Waals surface area contributed by atoms with E-state index in [9.17, 15) is 9.18 Å². The summed E-state index contributed by atoms with van der Waals surface area (Å²) in [7, 11) is 0. The Morgan fingerprint density at radius 2 is 1.75 bits per heavy atom. The Bertz CT molecular complexity index is 1250. The number of rotatable bonds is 6. The number of hydrogen-bond donors (Lipinski definition) is 1. The summed E-state index contributed by atoms with van der Waals surface area (Å²) < 4.78 is 18.3. The van der Waals surface area contributed by atoms with Gasteiger partial charge in [-0.2, -0.15) is 4.98 Å². The van der Waals surface area contributed by atoms with Crippen LogP contribution in [-0.2, 0) is 17.6 Å². The van der Waals surface area contributed by atoms with Gasteiger partial charge in [-0.1, -0.05) is 35.5 Å². The third-order valence-electron chi connectivity index (χ3n) is 5.49. The van der Waals surface area contributed by atoms with Crippen molar-refractivity contribution in [2.45, 2.75) is 19.3 Å². The number of para-hydroxylation sites is 3. The number of halogens is 1. The number of nitrogens with zero attached hydrogens (tertiary/aromatic N) is 3. The molecule has 160 valence electrons. The van der Waals surface area contributed by atoms with Gasteiger partial charge in [0.1, 0.15) is 5.82 Å². The van der Waals surface area contributed by atoms with Crippen LogP contribution in [0.4, 0.5) is 21.5 Å². The van der Waals surface area contributed by atoms with Crippen molar-refractivity contribution in [2.75, 3.05) is 16.8 Å². The summed E-state index contributed by atoms with van der Waals surface area (Å²) in [5, 5.41) is 6.94. The topological polar surface area (TPSA) is 71.3 Å². The lowest BCUT2D eigenvalue weighted by molar-refractivity contribution is -0.116. The number of hydrogen-bond acceptors (Lipinski definition) is 5. The van der Waals surface area contributed by atoms with Crippen molar-refractivity contribution in [2.24, 2.45) is 0 Å². The Hall–Kier alpha value is -4.00. The molecule has 1 amide bonds. The maximum Gasteiger partial charge on any atom is 0.227 e. The van der Waals surface area contributed by atoms with E-state index in [0.717, 1.165) is 24.3 Å². The molecule has 2 heterocycles. The maximum absolute atomic E-state index is 13.1. The minimum Gasteiger partial charge on any atom is -0.339 e. The summed E-state index contributed by atoms with van der Waals surface area (Å²) in [6, 6.07) is 22.0. The number of amides is 1. The van der Waals surface area contributed by atoms with Gasteiger partial charge < -0.3 is 14.7 Å². The zero-order chi connectivity index (χ0) is 21.9. The highest BCUT2D eigenvalue weighted by atomic mass is 19.1. The number of anilines is 3. The van der Waals surface area contributed by atoms with Gasteiger partial charge in [0.05, 0.1) is 11.4 Å². The second-order valence-corrected chi connectivity index (χ2v) is 7.61. The van der Waals surface area contributed by atoms with Crippen LogP contribution in [0.15, 0.2) is 77.3 Å². The van der Waals surface area contributed by atoms with Crippen LogP contribution in [0.5, 0.6) is 0 Å². The van der Waals surface area contributed by atoms with Gasteiger partial charge in [-0.05, 0) is 54.4 Å². The fourth-order valence-corrected chi connectivity index (χ4v) is 3.91. The molecule has 1 aromatic heterocycles. The van der Waals surface area contributed by atoms with Gasteiger partial charge in [-0.3, -0.25) is 4.79 Å². The number of carbonyl (C=O) groups is 1. The molecule has 4 aromatic rings. The first-order valence-electron chi connectivity index (χ1n) is 10.5. The van der Waals surface area contributed by atoms with Crippen LogP contribution in [0.2, 0.25) is 0 Å². The van der Waals surface area contributed by atoms with E-state index in [0.29, 0.717) is 23.7 Å². The Balaban J connectivity index is 1.25. The van der Waals surface area contributed by atoms with E-state index < -0.39 is 0 Å². The van der Waals surface area contributed by atoms with Gasteiger partial charge in [-0.25, -0.2) is 4.39 Å². The van der Waals surface area contributed by atoms with E-state index in [-0.39, 0.29) is 18.1 Å². The summed E-state index contributed by atoms with van der Waals surface area (Å²) in [5.41, 5.74) is 4.88.